The summed E-state index contributed by atoms with van der Waals surface area (Å²) in [6, 6.07) is 14.1. The van der Waals surface area contributed by atoms with Crippen LogP contribution >= 0.6 is 0 Å². The number of benzene rings is 2. The minimum atomic E-state index is -4.60. The molecule has 0 radical (unpaired) electrons. The van der Waals surface area contributed by atoms with Crippen LogP contribution in [0.1, 0.15) is 35.7 Å². The van der Waals surface area contributed by atoms with Crippen LogP contribution in [0.5, 0.6) is 0 Å². The van der Waals surface area contributed by atoms with Gasteiger partial charge in [0.15, 0.2) is 11.5 Å². The summed E-state index contributed by atoms with van der Waals surface area (Å²) in [6.45, 7) is 1.98. The molecule has 0 saturated heterocycles. The minimum absolute atomic E-state index is 0.172. The standard InChI is InChI=1S/C28H24F3N5O2/c1-2-38-25(37)12-9-18-5-3-8-21(15-18)23-17-32-27(33-22-11-10-19-6-4-7-20(19)16-22)34-26(23)36-14-13-24(35-36)28(29,30)31/h3,5,8-17H,2,4,6-7H2,1H3,(H,32,33,34). The van der Waals surface area contributed by atoms with Crippen LogP contribution in [0.25, 0.3) is 23.0 Å². The highest BCUT2D eigenvalue weighted by Crippen LogP contribution is 2.31. The number of rotatable bonds is 7. The summed E-state index contributed by atoms with van der Waals surface area (Å²) in [4.78, 5) is 20.7. The summed E-state index contributed by atoms with van der Waals surface area (Å²) in [5.74, 6) is -0.0741. The van der Waals surface area contributed by atoms with Crippen LogP contribution in [0.4, 0.5) is 24.8 Å². The number of anilines is 2. The summed E-state index contributed by atoms with van der Waals surface area (Å²) < 4.78 is 45.9. The molecule has 0 saturated carbocycles. The second kappa shape index (κ2) is 10.5. The monoisotopic (exact) mass is 519 g/mol. The summed E-state index contributed by atoms with van der Waals surface area (Å²) in [7, 11) is 0. The van der Waals surface area contributed by atoms with E-state index in [1.165, 1.54) is 23.4 Å². The molecule has 10 heteroatoms. The fourth-order valence-corrected chi connectivity index (χ4v) is 4.35. The first kappa shape index (κ1) is 25.2. The van der Waals surface area contributed by atoms with Gasteiger partial charge in [0.1, 0.15) is 0 Å². The number of fused-ring (bicyclic) bond motifs is 1. The van der Waals surface area contributed by atoms with E-state index in [0.717, 1.165) is 35.7 Å². The number of hydrogen-bond acceptors (Lipinski definition) is 6. The van der Waals surface area contributed by atoms with Gasteiger partial charge in [-0.25, -0.2) is 14.5 Å². The van der Waals surface area contributed by atoms with E-state index in [1.54, 1.807) is 43.5 Å². The number of alkyl halides is 3. The molecule has 0 amide bonds. The summed E-state index contributed by atoms with van der Waals surface area (Å²) in [5, 5.41) is 6.90. The van der Waals surface area contributed by atoms with Crippen molar-refractivity contribution in [1.82, 2.24) is 19.7 Å². The summed E-state index contributed by atoms with van der Waals surface area (Å²) >= 11 is 0. The molecule has 5 rings (SSSR count). The lowest BCUT2D eigenvalue weighted by Crippen LogP contribution is -2.10. The van der Waals surface area contributed by atoms with Crippen LogP contribution < -0.4 is 5.32 Å². The third-order valence-corrected chi connectivity index (χ3v) is 6.12. The Bertz CT molecular complexity index is 1510. The molecule has 2 aromatic heterocycles. The van der Waals surface area contributed by atoms with Crippen molar-refractivity contribution < 1.29 is 22.7 Å². The quantitative estimate of drug-likeness (QED) is 0.233. The number of aromatic nitrogens is 4. The molecule has 0 aliphatic heterocycles. The van der Waals surface area contributed by atoms with Crippen molar-refractivity contribution >= 4 is 23.7 Å². The van der Waals surface area contributed by atoms with Crippen LogP contribution in [0.15, 0.2) is 67.0 Å². The van der Waals surface area contributed by atoms with E-state index >= 15 is 0 Å². The molecule has 0 unspecified atom stereocenters. The SMILES string of the molecule is CCOC(=O)C=Cc1cccc(-c2cnc(Nc3ccc4c(c3)CCC4)nc2-n2ccc(C(F)(F)F)n2)c1. The first-order chi connectivity index (χ1) is 18.3. The molecule has 38 heavy (non-hydrogen) atoms. The Morgan fingerprint density at radius 2 is 1.97 bits per heavy atom. The lowest BCUT2D eigenvalue weighted by Gasteiger charge is -2.13. The van der Waals surface area contributed by atoms with Gasteiger partial charge in [-0.05, 0) is 78.8 Å². The van der Waals surface area contributed by atoms with Gasteiger partial charge in [0.2, 0.25) is 5.95 Å². The fourth-order valence-electron chi connectivity index (χ4n) is 4.35. The minimum Gasteiger partial charge on any atom is -0.463 e. The zero-order valence-corrected chi connectivity index (χ0v) is 20.5. The largest absolute Gasteiger partial charge is 0.463 e. The van der Waals surface area contributed by atoms with E-state index in [1.807, 2.05) is 12.1 Å². The Hall–Kier alpha value is -4.47. The van der Waals surface area contributed by atoms with Crippen molar-refractivity contribution in [3.8, 4) is 16.9 Å². The Kier molecular flexibility index (Phi) is 6.95. The summed E-state index contributed by atoms with van der Waals surface area (Å²) in [6.07, 6.45) is 4.25. The number of carbonyl (C=O) groups is 1. The van der Waals surface area contributed by atoms with E-state index < -0.39 is 17.8 Å². The van der Waals surface area contributed by atoms with Crippen molar-refractivity contribution in [2.24, 2.45) is 0 Å². The maximum Gasteiger partial charge on any atom is 0.435 e. The van der Waals surface area contributed by atoms with Crippen molar-refractivity contribution in [2.45, 2.75) is 32.4 Å². The molecule has 0 spiro atoms. The molecule has 7 nitrogen and oxygen atoms in total. The smallest absolute Gasteiger partial charge is 0.435 e. The maximum absolute atomic E-state index is 13.3. The van der Waals surface area contributed by atoms with Crippen LogP contribution in [0.3, 0.4) is 0 Å². The van der Waals surface area contributed by atoms with Crippen molar-refractivity contribution in [2.75, 3.05) is 11.9 Å². The zero-order chi connectivity index (χ0) is 26.7. The first-order valence-corrected chi connectivity index (χ1v) is 12.1. The highest BCUT2D eigenvalue weighted by Gasteiger charge is 2.34. The highest BCUT2D eigenvalue weighted by molar-refractivity contribution is 5.87. The molecule has 1 N–H and O–H groups in total. The van der Waals surface area contributed by atoms with Gasteiger partial charge in [-0.2, -0.15) is 23.3 Å². The molecule has 2 aromatic carbocycles. The van der Waals surface area contributed by atoms with Gasteiger partial charge in [0.05, 0.1) is 6.61 Å². The molecule has 1 aliphatic carbocycles. The van der Waals surface area contributed by atoms with Crippen LogP contribution in [-0.4, -0.2) is 32.3 Å². The highest BCUT2D eigenvalue weighted by atomic mass is 19.4. The third-order valence-electron chi connectivity index (χ3n) is 6.12. The second-order valence-corrected chi connectivity index (χ2v) is 8.75. The molecule has 0 atom stereocenters. The van der Waals surface area contributed by atoms with Gasteiger partial charge in [0, 0.05) is 29.7 Å². The van der Waals surface area contributed by atoms with E-state index in [0.29, 0.717) is 16.7 Å². The van der Waals surface area contributed by atoms with Crippen molar-refractivity contribution in [1.29, 1.82) is 0 Å². The molecule has 1 aliphatic rings. The van der Waals surface area contributed by atoms with Gasteiger partial charge < -0.3 is 10.1 Å². The van der Waals surface area contributed by atoms with Gasteiger partial charge in [-0.3, -0.25) is 0 Å². The Morgan fingerprint density at radius 3 is 2.76 bits per heavy atom. The van der Waals surface area contributed by atoms with E-state index in [-0.39, 0.29) is 18.4 Å². The van der Waals surface area contributed by atoms with Crippen LogP contribution in [0, 0.1) is 0 Å². The lowest BCUT2D eigenvalue weighted by molar-refractivity contribution is -0.141. The van der Waals surface area contributed by atoms with E-state index in [4.69, 9.17) is 4.74 Å². The number of esters is 1. The number of nitrogens with zero attached hydrogens (tertiary/aromatic N) is 4. The normalized spacial score (nSPS) is 13.1. The zero-order valence-electron chi connectivity index (χ0n) is 20.5. The van der Waals surface area contributed by atoms with Gasteiger partial charge in [-0.1, -0.05) is 24.3 Å². The number of aryl methyl sites for hydroxylation is 2. The first-order valence-electron chi connectivity index (χ1n) is 12.1. The van der Waals surface area contributed by atoms with E-state index in [2.05, 4.69) is 26.4 Å². The Labute approximate surface area is 217 Å². The van der Waals surface area contributed by atoms with Crippen molar-refractivity contribution in [3.05, 3.63) is 89.4 Å². The second-order valence-electron chi connectivity index (χ2n) is 8.75. The van der Waals surface area contributed by atoms with Crippen molar-refractivity contribution in [3.63, 3.8) is 0 Å². The molecule has 4 aromatic rings. The number of ether oxygens (including phenoxy) is 1. The maximum atomic E-state index is 13.3. The molecular formula is C28H24F3N5O2. The number of halogens is 3. The summed E-state index contributed by atoms with van der Waals surface area (Å²) in [5.41, 5.74) is 4.15. The van der Waals surface area contributed by atoms with E-state index in [9.17, 15) is 18.0 Å². The van der Waals surface area contributed by atoms with Crippen LogP contribution in [-0.2, 0) is 28.5 Å². The number of nitrogens with one attached hydrogen (secondary N) is 1. The predicted octanol–water partition coefficient (Wildman–Crippen LogP) is 6.16. The Morgan fingerprint density at radius 1 is 1.13 bits per heavy atom. The van der Waals surface area contributed by atoms with Gasteiger partial charge >= 0.3 is 12.1 Å². The Balaban J connectivity index is 1.53. The lowest BCUT2D eigenvalue weighted by atomic mass is 10.0. The average Bonchev–Trinajstić information content (AvgIpc) is 3.58. The molecule has 2 heterocycles. The average molecular weight is 520 g/mol. The number of hydrogen-bond donors (Lipinski definition) is 1. The van der Waals surface area contributed by atoms with Gasteiger partial charge in [-0.15, -0.1) is 0 Å². The third kappa shape index (κ3) is 5.59. The molecule has 194 valence electrons. The fraction of sp³-hybridized carbons (Fsp3) is 0.214. The predicted molar refractivity (Wildman–Crippen MR) is 137 cm³/mol. The molecule has 0 fully saturated rings. The topological polar surface area (TPSA) is 81.9 Å². The van der Waals surface area contributed by atoms with Crippen LogP contribution in [0.2, 0.25) is 0 Å². The molecule has 0 bridgehead atoms. The number of carbonyl (C=O) groups excluding carboxylic acids is 1. The van der Waals surface area contributed by atoms with Gasteiger partial charge in [0.25, 0.3) is 0 Å². The molecular weight excluding hydrogens is 495 g/mol.